The SMILES string of the molecule is CC(=O)Nc1ccc(O)cc1.CN(C)CCC(c1ccc(Br)cc1)c1ccccn1.CN[C@@H](C)[C@@H](O)c1ccccc1.Cl.O=C(O)/C=C\C(=O)O. The molecule has 0 aliphatic carbocycles. The second-order valence-corrected chi connectivity index (χ2v) is 12.0. The summed E-state index contributed by atoms with van der Waals surface area (Å²) in [7, 11) is 6.06. The third-order valence-corrected chi connectivity index (χ3v) is 7.34. The van der Waals surface area contributed by atoms with Gasteiger partial charge in [-0.25, -0.2) is 9.59 Å². The summed E-state index contributed by atoms with van der Waals surface area (Å²) >= 11 is 3.49. The van der Waals surface area contributed by atoms with E-state index in [2.05, 4.69) is 86.9 Å². The van der Waals surface area contributed by atoms with Gasteiger partial charge < -0.3 is 36.0 Å². The molecule has 0 saturated carbocycles. The molecule has 0 aliphatic rings. The van der Waals surface area contributed by atoms with E-state index in [1.54, 1.807) is 12.1 Å². The number of phenolic OH excluding ortho intramolecular Hbond substituents is 1. The maximum absolute atomic E-state index is 10.5. The lowest BCUT2D eigenvalue weighted by Crippen LogP contribution is -2.28. The Labute approximate surface area is 314 Å². The van der Waals surface area contributed by atoms with Gasteiger partial charge in [-0.15, -0.1) is 12.4 Å². The maximum atomic E-state index is 10.5. The molecule has 0 bridgehead atoms. The van der Waals surface area contributed by atoms with Gasteiger partial charge in [0.15, 0.2) is 0 Å². The Morgan fingerprint density at radius 1 is 0.843 bits per heavy atom. The fourth-order valence-corrected chi connectivity index (χ4v) is 4.40. The Balaban J connectivity index is 0.000000685. The highest BCUT2D eigenvalue weighted by molar-refractivity contribution is 9.10. The Hall–Kier alpha value is -4.59. The number of hydrogen-bond donors (Lipinski definition) is 6. The van der Waals surface area contributed by atoms with E-state index in [-0.39, 0.29) is 30.1 Å². The van der Waals surface area contributed by atoms with Crippen LogP contribution in [0.3, 0.4) is 0 Å². The van der Waals surface area contributed by atoms with Crippen molar-refractivity contribution in [3.05, 3.63) is 137 Å². The number of benzene rings is 3. The van der Waals surface area contributed by atoms with Crippen molar-refractivity contribution < 1.29 is 34.8 Å². The second-order valence-electron chi connectivity index (χ2n) is 11.1. The first kappa shape index (κ1) is 46.4. The van der Waals surface area contributed by atoms with Crippen LogP contribution in [0.4, 0.5) is 5.69 Å². The Bertz CT molecular complexity index is 1560. The number of carboxylic acid groups (broad SMARTS) is 2. The Morgan fingerprint density at radius 2 is 1.39 bits per heavy atom. The number of aliphatic carboxylic acids is 2. The minimum Gasteiger partial charge on any atom is -0.508 e. The zero-order chi connectivity index (χ0) is 37.5. The van der Waals surface area contributed by atoms with Crippen LogP contribution >= 0.6 is 28.3 Å². The largest absolute Gasteiger partial charge is 0.508 e. The number of carboxylic acids is 2. The number of pyridine rings is 1. The van der Waals surface area contributed by atoms with Gasteiger partial charge in [0.2, 0.25) is 5.91 Å². The summed E-state index contributed by atoms with van der Waals surface area (Å²) in [5.74, 6) is -2.08. The number of phenols is 1. The van der Waals surface area contributed by atoms with E-state index in [1.807, 2.05) is 56.6 Å². The first-order chi connectivity index (χ1) is 23.7. The maximum Gasteiger partial charge on any atom is 0.328 e. The number of aromatic hydroxyl groups is 1. The molecule has 11 nitrogen and oxygen atoms in total. The lowest BCUT2D eigenvalue weighted by molar-refractivity contribution is -0.134. The molecule has 1 amide bonds. The number of aliphatic hydroxyl groups is 1. The lowest BCUT2D eigenvalue weighted by atomic mass is 9.92. The monoisotopic (exact) mass is 786 g/mol. The molecule has 4 rings (SSSR count). The number of anilines is 1. The van der Waals surface area contributed by atoms with Gasteiger partial charge in [0, 0.05) is 53.1 Å². The van der Waals surface area contributed by atoms with Crippen LogP contribution in [0.15, 0.2) is 120 Å². The summed E-state index contributed by atoms with van der Waals surface area (Å²) in [6.45, 7) is 4.45. The highest BCUT2D eigenvalue weighted by Gasteiger charge is 2.15. The van der Waals surface area contributed by atoms with E-state index in [9.17, 15) is 19.5 Å². The van der Waals surface area contributed by atoms with Gasteiger partial charge in [-0.2, -0.15) is 0 Å². The van der Waals surface area contributed by atoms with Crippen LogP contribution in [0.5, 0.6) is 5.75 Å². The first-order valence-electron chi connectivity index (χ1n) is 15.6. The van der Waals surface area contributed by atoms with Crippen LogP contribution in [0.25, 0.3) is 0 Å². The standard InChI is InChI=1S/C16H19BrN2.C10H15NO.C8H9NO2.C4H4O4.ClH/c1-19(2)12-10-15(16-5-3-4-11-18-16)13-6-8-14(17)9-7-13;1-8(11-2)10(12)9-6-4-3-5-7-9;1-6(10)9-7-2-4-8(11)5-3-7;5-3(6)1-2-4(7)8;/h3-9,11,15H,10,12H2,1-2H3;3-8,10-12H,1-2H3;2-5,11H,1H3,(H,9,10);1-2H,(H,5,6)(H,7,8);1H/b;;;2-1-;/t;8-,10+;;;/m.0.../s1. The summed E-state index contributed by atoms with van der Waals surface area (Å²) in [4.78, 5) is 36.4. The van der Waals surface area contributed by atoms with Crippen LogP contribution in [-0.2, 0) is 14.4 Å². The first-order valence-corrected chi connectivity index (χ1v) is 16.4. The van der Waals surface area contributed by atoms with E-state index in [1.165, 1.54) is 24.6 Å². The van der Waals surface area contributed by atoms with Gasteiger partial charge in [-0.3, -0.25) is 9.78 Å². The van der Waals surface area contributed by atoms with Gasteiger partial charge >= 0.3 is 11.9 Å². The van der Waals surface area contributed by atoms with Crippen LogP contribution in [0.1, 0.15) is 49.1 Å². The number of carbonyl (C=O) groups excluding carboxylic acids is 1. The van der Waals surface area contributed by atoms with Gasteiger partial charge in [-0.05, 0) is 101 Å². The summed E-state index contributed by atoms with van der Waals surface area (Å²) < 4.78 is 1.11. The fourth-order valence-electron chi connectivity index (χ4n) is 4.14. The quantitative estimate of drug-likeness (QED) is 0.0707. The Morgan fingerprint density at radius 3 is 1.84 bits per heavy atom. The van der Waals surface area contributed by atoms with Crippen LogP contribution in [-0.4, -0.2) is 81.9 Å². The smallest absolute Gasteiger partial charge is 0.328 e. The van der Waals surface area contributed by atoms with Crippen LogP contribution in [0.2, 0.25) is 0 Å². The number of aromatic nitrogens is 1. The van der Waals surface area contributed by atoms with Crippen molar-refractivity contribution in [1.29, 1.82) is 0 Å². The third-order valence-electron chi connectivity index (χ3n) is 6.81. The molecule has 3 atom stereocenters. The van der Waals surface area contributed by atoms with Crippen LogP contribution in [0, 0.1) is 0 Å². The number of likely N-dealkylation sites (N-methyl/N-ethyl adjacent to an activating group) is 1. The van der Waals surface area contributed by atoms with Crippen molar-refractivity contribution in [2.24, 2.45) is 0 Å². The highest BCUT2D eigenvalue weighted by atomic mass is 79.9. The number of halogens is 2. The zero-order valence-corrected chi connectivity index (χ0v) is 31.7. The zero-order valence-electron chi connectivity index (χ0n) is 29.3. The van der Waals surface area contributed by atoms with Crippen molar-refractivity contribution in [3.8, 4) is 5.75 Å². The number of amides is 1. The predicted octanol–water partition coefficient (Wildman–Crippen LogP) is 6.74. The molecule has 1 aromatic heterocycles. The molecular formula is C38H48BrClN4O7. The van der Waals surface area contributed by atoms with Gasteiger partial charge in [0.25, 0.3) is 0 Å². The molecule has 6 N–H and O–H groups in total. The molecule has 0 fully saturated rings. The van der Waals surface area contributed by atoms with Gasteiger partial charge in [-0.1, -0.05) is 64.5 Å². The van der Waals surface area contributed by atoms with E-state index in [0.29, 0.717) is 23.8 Å². The normalized spacial score (nSPS) is 11.8. The number of aliphatic hydroxyl groups excluding tert-OH is 1. The Kier molecular flexibility index (Phi) is 23.9. The number of nitrogens with one attached hydrogen (secondary N) is 2. The molecule has 1 heterocycles. The number of nitrogens with zero attached hydrogens (tertiary/aromatic N) is 2. The van der Waals surface area contributed by atoms with E-state index >= 15 is 0 Å². The summed E-state index contributed by atoms with van der Waals surface area (Å²) in [6.07, 6.45) is 3.64. The average molecular weight is 788 g/mol. The molecule has 4 aromatic rings. The van der Waals surface area contributed by atoms with Gasteiger partial charge in [0.1, 0.15) is 5.75 Å². The molecule has 0 aliphatic heterocycles. The lowest BCUT2D eigenvalue weighted by Gasteiger charge is -2.19. The average Bonchev–Trinajstić information content (AvgIpc) is 3.10. The third kappa shape index (κ3) is 21.3. The molecule has 0 spiro atoms. The molecule has 13 heteroatoms. The van der Waals surface area contributed by atoms with Crippen molar-refractivity contribution in [2.75, 3.05) is 33.0 Å². The van der Waals surface area contributed by atoms with Crippen LogP contribution < -0.4 is 10.6 Å². The second kappa shape index (κ2) is 26.3. The summed E-state index contributed by atoms with van der Waals surface area (Å²) in [5.41, 5.74) is 4.12. The fraction of sp³-hybridized carbons (Fsp3) is 0.263. The van der Waals surface area contributed by atoms with E-state index in [0.717, 1.165) is 28.7 Å². The van der Waals surface area contributed by atoms with E-state index < -0.39 is 18.0 Å². The van der Waals surface area contributed by atoms with Gasteiger partial charge in [0.05, 0.1) is 6.10 Å². The molecule has 3 aromatic carbocycles. The topological polar surface area (TPSA) is 172 Å². The molecule has 0 radical (unpaired) electrons. The minimum absolute atomic E-state index is 0. The number of carbonyl (C=O) groups is 3. The molecule has 0 saturated heterocycles. The molecular weight excluding hydrogens is 740 g/mol. The number of rotatable bonds is 11. The number of hydrogen-bond acceptors (Lipinski definition) is 8. The molecule has 51 heavy (non-hydrogen) atoms. The summed E-state index contributed by atoms with van der Waals surface area (Å²) in [5, 5.41) is 39.8. The minimum atomic E-state index is -1.26. The summed E-state index contributed by atoms with van der Waals surface area (Å²) in [6, 6.07) is 30.8. The van der Waals surface area contributed by atoms with Crippen molar-refractivity contribution >= 4 is 51.9 Å². The van der Waals surface area contributed by atoms with Crippen molar-refractivity contribution in [2.45, 2.75) is 38.3 Å². The van der Waals surface area contributed by atoms with Crippen molar-refractivity contribution in [1.82, 2.24) is 15.2 Å². The predicted molar refractivity (Wildman–Crippen MR) is 207 cm³/mol. The highest BCUT2D eigenvalue weighted by Crippen LogP contribution is 2.27. The van der Waals surface area contributed by atoms with Crippen molar-refractivity contribution in [3.63, 3.8) is 0 Å². The molecule has 1 unspecified atom stereocenters. The molecule has 276 valence electrons. The van der Waals surface area contributed by atoms with E-state index in [4.69, 9.17) is 15.3 Å².